The van der Waals surface area contributed by atoms with Crippen LogP contribution in [0, 0.1) is 32.6 Å². The molecule has 0 spiro atoms. The molecule has 0 bridgehead atoms. The third kappa shape index (κ3) is 4.29. The van der Waals surface area contributed by atoms with Crippen molar-refractivity contribution in [2.24, 2.45) is 0 Å². The van der Waals surface area contributed by atoms with Gasteiger partial charge in [0.2, 0.25) is 0 Å². The number of ether oxygens (including phenoxy) is 1. The van der Waals surface area contributed by atoms with Crippen molar-refractivity contribution in [3.63, 3.8) is 0 Å². The molecule has 2 aromatic heterocycles. The summed E-state index contributed by atoms with van der Waals surface area (Å²) in [4.78, 5) is 8.61. The molecule has 0 unspecified atom stereocenters. The van der Waals surface area contributed by atoms with Crippen LogP contribution in [0.3, 0.4) is 0 Å². The van der Waals surface area contributed by atoms with Crippen LogP contribution in [-0.4, -0.2) is 20.9 Å². The third-order valence-corrected chi connectivity index (χ3v) is 3.89. The molecule has 3 rings (SSSR count). The molecule has 0 atom stereocenters. The van der Waals surface area contributed by atoms with Crippen LogP contribution in [0.5, 0.6) is 5.75 Å². The standard InChI is InChI=1S/C20H16F3N3O/c1-13-12-17(8-10-19(13)27-20(21,22)23)26-14(2)18(25-15(26)3)9-7-16-6-4-5-11-24-16/h4-6,8,10-12H,1-3H3. The summed E-state index contributed by atoms with van der Waals surface area (Å²) in [6, 6.07) is 9.94. The molecular formula is C20H16F3N3O. The van der Waals surface area contributed by atoms with Crippen molar-refractivity contribution >= 4 is 0 Å². The molecule has 0 N–H and O–H groups in total. The number of pyridine rings is 1. The predicted octanol–water partition coefficient (Wildman–Crippen LogP) is 4.49. The highest BCUT2D eigenvalue weighted by Crippen LogP contribution is 2.28. The molecule has 4 nitrogen and oxygen atoms in total. The quantitative estimate of drug-likeness (QED) is 0.623. The highest BCUT2D eigenvalue weighted by atomic mass is 19.4. The highest BCUT2D eigenvalue weighted by molar-refractivity contribution is 5.48. The average molecular weight is 371 g/mol. The molecule has 3 aromatic rings. The molecular weight excluding hydrogens is 355 g/mol. The van der Waals surface area contributed by atoms with E-state index in [-0.39, 0.29) is 5.75 Å². The van der Waals surface area contributed by atoms with Crippen LogP contribution in [0.1, 0.15) is 28.5 Å². The summed E-state index contributed by atoms with van der Waals surface area (Å²) in [5.41, 5.74) is 3.08. The minimum atomic E-state index is -4.72. The van der Waals surface area contributed by atoms with Crippen molar-refractivity contribution in [1.82, 2.24) is 14.5 Å². The van der Waals surface area contributed by atoms with Gasteiger partial charge in [-0.15, -0.1) is 13.2 Å². The second-order valence-corrected chi connectivity index (χ2v) is 5.89. The third-order valence-electron chi connectivity index (χ3n) is 3.89. The van der Waals surface area contributed by atoms with Gasteiger partial charge in [0.1, 0.15) is 23.0 Å². The average Bonchev–Trinajstić information content (AvgIpc) is 2.88. The van der Waals surface area contributed by atoms with Crippen LogP contribution in [0.15, 0.2) is 42.6 Å². The molecule has 0 fully saturated rings. The van der Waals surface area contributed by atoms with Crippen LogP contribution in [-0.2, 0) is 0 Å². The molecule has 0 aliphatic heterocycles. The highest BCUT2D eigenvalue weighted by Gasteiger charge is 2.31. The van der Waals surface area contributed by atoms with E-state index in [2.05, 4.69) is 26.5 Å². The summed E-state index contributed by atoms with van der Waals surface area (Å²) in [6.45, 7) is 5.24. The van der Waals surface area contributed by atoms with Gasteiger partial charge in [-0.1, -0.05) is 6.07 Å². The fourth-order valence-corrected chi connectivity index (χ4v) is 2.71. The summed E-state index contributed by atoms with van der Waals surface area (Å²) in [5.74, 6) is 6.41. The number of imidazole rings is 1. The van der Waals surface area contributed by atoms with E-state index in [0.29, 0.717) is 28.5 Å². The number of rotatable bonds is 2. The monoisotopic (exact) mass is 371 g/mol. The molecule has 7 heteroatoms. The van der Waals surface area contributed by atoms with Crippen molar-refractivity contribution < 1.29 is 17.9 Å². The number of hydrogen-bond acceptors (Lipinski definition) is 3. The van der Waals surface area contributed by atoms with E-state index in [9.17, 15) is 13.2 Å². The van der Waals surface area contributed by atoms with Crippen LogP contribution >= 0.6 is 0 Å². The van der Waals surface area contributed by atoms with Gasteiger partial charge in [0, 0.05) is 11.9 Å². The minimum Gasteiger partial charge on any atom is -0.406 e. The summed E-state index contributed by atoms with van der Waals surface area (Å²) in [5, 5.41) is 0. The number of hydrogen-bond donors (Lipinski definition) is 0. The van der Waals surface area contributed by atoms with Gasteiger partial charge in [-0.05, 0) is 68.5 Å². The van der Waals surface area contributed by atoms with Crippen LogP contribution in [0.4, 0.5) is 13.2 Å². The van der Waals surface area contributed by atoms with E-state index in [1.54, 1.807) is 31.3 Å². The normalized spacial score (nSPS) is 11.0. The Morgan fingerprint density at radius 3 is 2.44 bits per heavy atom. The van der Waals surface area contributed by atoms with Crippen molar-refractivity contribution in [3.8, 4) is 23.3 Å². The minimum absolute atomic E-state index is 0.225. The Kier molecular flexibility index (Phi) is 4.91. The first-order chi connectivity index (χ1) is 12.7. The molecule has 27 heavy (non-hydrogen) atoms. The lowest BCUT2D eigenvalue weighted by Gasteiger charge is -2.14. The molecule has 2 heterocycles. The van der Waals surface area contributed by atoms with Crippen LogP contribution in [0.2, 0.25) is 0 Å². The molecule has 0 amide bonds. The number of benzene rings is 1. The maximum Gasteiger partial charge on any atom is 0.573 e. The number of nitrogens with zero attached hydrogens (tertiary/aromatic N) is 3. The summed E-state index contributed by atoms with van der Waals surface area (Å²) in [6.07, 6.45) is -3.06. The first-order valence-corrected chi connectivity index (χ1v) is 8.10. The van der Waals surface area contributed by atoms with Crippen LogP contribution in [0.25, 0.3) is 5.69 Å². The van der Waals surface area contributed by atoms with Gasteiger partial charge in [0.25, 0.3) is 0 Å². The SMILES string of the molecule is Cc1cc(-n2c(C)nc(C#Cc3ccccn3)c2C)ccc1OC(F)(F)F. The van der Waals surface area contributed by atoms with Crippen molar-refractivity contribution in [1.29, 1.82) is 0 Å². The Labute approximate surface area is 154 Å². The van der Waals surface area contributed by atoms with E-state index in [0.717, 1.165) is 5.69 Å². The smallest absolute Gasteiger partial charge is 0.406 e. The molecule has 0 radical (unpaired) electrons. The van der Waals surface area contributed by atoms with Crippen molar-refractivity contribution in [3.05, 3.63) is 71.1 Å². The van der Waals surface area contributed by atoms with Gasteiger partial charge in [-0.2, -0.15) is 0 Å². The zero-order valence-corrected chi connectivity index (χ0v) is 14.9. The van der Waals surface area contributed by atoms with Crippen LogP contribution < -0.4 is 4.74 Å². The van der Waals surface area contributed by atoms with E-state index in [1.807, 2.05) is 30.5 Å². The summed E-state index contributed by atoms with van der Waals surface area (Å²) < 4.78 is 43.2. The number of halogens is 3. The lowest BCUT2D eigenvalue weighted by Crippen LogP contribution is -2.17. The van der Waals surface area contributed by atoms with Gasteiger partial charge in [-0.25, -0.2) is 9.97 Å². The Hall–Kier alpha value is -3.27. The fourth-order valence-electron chi connectivity index (χ4n) is 2.71. The molecule has 0 saturated carbocycles. The van der Waals surface area contributed by atoms with Crippen molar-refractivity contribution in [2.45, 2.75) is 27.1 Å². The van der Waals surface area contributed by atoms with Gasteiger partial charge in [0.05, 0.1) is 5.69 Å². The first kappa shape index (κ1) is 18.5. The Morgan fingerprint density at radius 1 is 1.04 bits per heavy atom. The predicted molar refractivity (Wildman–Crippen MR) is 94.7 cm³/mol. The zero-order valence-electron chi connectivity index (χ0n) is 14.9. The Morgan fingerprint density at radius 2 is 1.81 bits per heavy atom. The second kappa shape index (κ2) is 7.16. The van der Waals surface area contributed by atoms with Crippen molar-refractivity contribution in [2.75, 3.05) is 0 Å². The topological polar surface area (TPSA) is 39.9 Å². The zero-order chi connectivity index (χ0) is 19.6. The number of aromatic nitrogens is 3. The maximum absolute atomic E-state index is 12.4. The van der Waals surface area contributed by atoms with E-state index in [1.165, 1.54) is 6.07 Å². The Balaban J connectivity index is 1.96. The largest absolute Gasteiger partial charge is 0.573 e. The van der Waals surface area contributed by atoms with Gasteiger partial charge < -0.3 is 4.74 Å². The molecule has 0 aliphatic carbocycles. The van der Waals surface area contributed by atoms with Gasteiger partial charge >= 0.3 is 6.36 Å². The van der Waals surface area contributed by atoms with Gasteiger partial charge in [0.15, 0.2) is 0 Å². The first-order valence-electron chi connectivity index (χ1n) is 8.10. The van der Waals surface area contributed by atoms with E-state index >= 15 is 0 Å². The van der Waals surface area contributed by atoms with E-state index < -0.39 is 6.36 Å². The maximum atomic E-state index is 12.4. The summed E-state index contributed by atoms with van der Waals surface area (Å²) >= 11 is 0. The lowest BCUT2D eigenvalue weighted by molar-refractivity contribution is -0.274. The fraction of sp³-hybridized carbons (Fsp3) is 0.200. The lowest BCUT2D eigenvalue weighted by atomic mass is 10.2. The number of alkyl halides is 3. The second-order valence-electron chi connectivity index (χ2n) is 5.89. The molecule has 138 valence electrons. The molecule has 0 aliphatic rings. The Bertz CT molecular complexity index is 1030. The summed E-state index contributed by atoms with van der Waals surface area (Å²) in [7, 11) is 0. The molecule has 1 aromatic carbocycles. The molecule has 0 saturated heterocycles. The number of aryl methyl sites for hydroxylation is 2. The van der Waals surface area contributed by atoms with E-state index in [4.69, 9.17) is 0 Å². The van der Waals surface area contributed by atoms with Gasteiger partial charge in [-0.3, -0.25) is 4.57 Å².